The normalized spacial score (nSPS) is 11.9. The Morgan fingerprint density at radius 2 is 0.661 bits per heavy atom. The number of rotatable bonds is 44. The fourth-order valence-electron chi connectivity index (χ4n) is 15.0. The van der Waals surface area contributed by atoms with Crippen LogP contribution < -0.4 is 36.1 Å². The van der Waals surface area contributed by atoms with Crippen LogP contribution in [0.4, 0.5) is 9.59 Å². The zero-order valence-electron chi connectivity index (χ0n) is 65.5. The molecule has 5 amide bonds. The minimum Gasteiger partial charge on any atom is -0.497 e. The van der Waals surface area contributed by atoms with Crippen LogP contribution in [-0.2, 0) is 42.8 Å². The van der Waals surface area contributed by atoms with E-state index in [4.69, 9.17) is 28.4 Å². The van der Waals surface area contributed by atoms with E-state index < -0.39 is 10.8 Å². The van der Waals surface area contributed by atoms with Crippen molar-refractivity contribution in [2.24, 2.45) is 0 Å². The second-order valence-corrected chi connectivity index (χ2v) is 30.9. The van der Waals surface area contributed by atoms with Crippen LogP contribution in [0.5, 0.6) is 11.5 Å². The molecular formula is C97H111N5O11S2. The third kappa shape index (κ3) is 24.5. The second-order valence-electron chi connectivity index (χ2n) is 28.3. The largest absolute Gasteiger partial charge is 0.497 e. The molecule has 0 unspecified atom stereocenters. The molecular weight excluding hydrogens is 1480 g/mol. The lowest BCUT2D eigenvalue weighted by molar-refractivity contribution is -0.127. The van der Waals surface area contributed by atoms with Gasteiger partial charge in [-0.25, -0.2) is 9.59 Å². The van der Waals surface area contributed by atoms with Crippen molar-refractivity contribution >= 4 is 53.4 Å². The van der Waals surface area contributed by atoms with Gasteiger partial charge in [0, 0.05) is 50.1 Å². The first kappa shape index (κ1) is 86.8. The SMILES string of the molecule is C.COc1ccc(C(SCCC(=O)NCNC(=O)COCCOCCNC(=O)OCC2c3ccccc3-c3ccccc32)(c2ccccc2)c2ccccc2)cc1.COc1ccc(C(SCCCCCCCCCCC(=O)NCCCCCNC(=O)OCC2c3ccccc3-c3ccccc32)(c2ccccc2)c2ccccc2)cc1. The summed E-state index contributed by atoms with van der Waals surface area (Å²) in [5.74, 6) is 2.91. The van der Waals surface area contributed by atoms with E-state index in [1.54, 1.807) is 26.0 Å². The molecule has 0 aliphatic heterocycles. The van der Waals surface area contributed by atoms with Crippen molar-refractivity contribution < 1.29 is 52.4 Å². The van der Waals surface area contributed by atoms with E-state index >= 15 is 0 Å². The lowest BCUT2D eigenvalue weighted by Gasteiger charge is -2.35. The molecule has 0 spiro atoms. The third-order valence-corrected chi connectivity index (χ3v) is 24.0. The van der Waals surface area contributed by atoms with Gasteiger partial charge in [0.25, 0.3) is 0 Å². The van der Waals surface area contributed by atoms with Crippen LogP contribution in [0.25, 0.3) is 22.3 Å². The Morgan fingerprint density at radius 1 is 0.322 bits per heavy atom. The molecule has 10 aromatic rings. The molecule has 0 aromatic heterocycles. The number of carbonyl (C=O) groups excluding carboxylic acids is 5. The number of nitrogens with one attached hydrogen (secondary N) is 5. The quantitative estimate of drug-likeness (QED) is 0.0137. The van der Waals surface area contributed by atoms with Crippen molar-refractivity contribution in [3.63, 3.8) is 0 Å². The molecule has 602 valence electrons. The number of hydrogen-bond acceptors (Lipinski definition) is 13. The van der Waals surface area contributed by atoms with Gasteiger partial charge in [0.15, 0.2) is 0 Å². The highest BCUT2D eigenvalue weighted by Gasteiger charge is 2.39. The molecule has 2 aliphatic carbocycles. The summed E-state index contributed by atoms with van der Waals surface area (Å²) in [5.41, 5.74) is 16.7. The summed E-state index contributed by atoms with van der Waals surface area (Å²) >= 11 is 3.72. The maximum absolute atomic E-state index is 12.8. The van der Waals surface area contributed by atoms with Crippen LogP contribution >= 0.6 is 23.5 Å². The van der Waals surface area contributed by atoms with Gasteiger partial charge in [-0.05, 0) is 140 Å². The highest BCUT2D eigenvalue weighted by molar-refractivity contribution is 8.00. The van der Waals surface area contributed by atoms with Gasteiger partial charge >= 0.3 is 12.2 Å². The standard InChI is InChI=1S/C51H60N2O4S.C45H47N3O7S.CH4/c1-56-43-34-32-42(33-35-43)51(40-23-11-8-12-24-40,41-25-13-9-14-26-41)58-38-22-7-5-3-2-4-6-15-31-49(54)52-36-20-10-21-37-53-50(55)57-39-48-46-29-18-16-27-44(46)45-28-17-19-30-47(45)48;1-52-36-22-20-35(21-23-36)45(33-12-4-2-5-13-33,34-14-6-3-7-15-34)56-29-24-42(49)47-32-48-43(50)31-54-28-27-53-26-25-46-44(51)55-30-41-39-18-10-8-16-37(39)38-17-9-11-19-40(38)41;/h8-9,11-14,16-19,23-30,32-35,48H,2-7,10,15,20-22,31,36-39H2,1H3,(H,52,54)(H,53,55);2-23,41H,24-32H2,1H3,(H,46,51)(H,47,49)(H,48,50);1H4. The summed E-state index contributed by atoms with van der Waals surface area (Å²) in [6.45, 7) is 2.62. The highest BCUT2D eigenvalue weighted by atomic mass is 32.2. The fraction of sp³-hybridized carbons (Fsp3) is 0.330. The monoisotopic (exact) mass is 1590 g/mol. The Balaban J connectivity index is 0.000000241. The van der Waals surface area contributed by atoms with Crippen molar-refractivity contribution in [1.82, 2.24) is 26.6 Å². The predicted molar refractivity (Wildman–Crippen MR) is 465 cm³/mol. The maximum atomic E-state index is 12.8. The highest BCUT2D eigenvalue weighted by Crippen LogP contribution is 2.52. The zero-order valence-corrected chi connectivity index (χ0v) is 67.2. The van der Waals surface area contributed by atoms with Gasteiger partial charge in [-0.1, -0.05) is 289 Å². The van der Waals surface area contributed by atoms with E-state index in [0.29, 0.717) is 31.9 Å². The number of hydrogen-bond donors (Lipinski definition) is 5. The van der Waals surface area contributed by atoms with Crippen molar-refractivity contribution in [1.29, 1.82) is 0 Å². The number of fused-ring (bicyclic) bond motifs is 6. The Bertz CT molecular complexity index is 4430. The number of thioether (sulfide) groups is 2. The van der Waals surface area contributed by atoms with Crippen LogP contribution in [0, 0.1) is 0 Å². The van der Waals surface area contributed by atoms with Gasteiger partial charge in [0.05, 0.1) is 50.2 Å². The van der Waals surface area contributed by atoms with Crippen molar-refractivity contribution in [3.8, 4) is 33.8 Å². The average molecular weight is 1590 g/mol. The van der Waals surface area contributed by atoms with Crippen LogP contribution in [0.15, 0.2) is 267 Å². The molecule has 16 nitrogen and oxygen atoms in total. The summed E-state index contributed by atoms with van der Waals surface area (Å²) in [7, 11) is 3.37. The Kier molecular flexibility index (Phi) is 35.2. The number of ether oxygens (including phenoxy) is 6. The zero-order chi connectivity index (χ0) is 79.3. The van der Waals surface area contributed by atoms with Crippen molar-refractivity contribution in [2.45, 2.75) is 112 Å². The predicted octanol–water partition coefficient (Wildman–Crippen LogP) is 19.6. The van der Waals surface area contributed by atoms with Gasteiger partial charge in [-0.15, -0.1) is 23.5 Å². The van der Waals surface area contributed by atoms with E-state index in [-0.39, 0.29) is 100 Å². The summed E-state index contributed by atoms with van der Waals surface area (Å²) in [6.07, 6.45) is 12.0. The molecule has 12 rings (SSSR count). The van der Waals surface area contributed by atoms with E-state index in [2.05, 4.69) is 209 Å². The molecule has 0 fully saturated rings. The molecule has 0 saturated heterocycles. The molecule has 0 saturated carbocycles. The van der Waals surface area contributed by atoms with Crippen LogP contribution in [-0.4, -0.2) is 122 Å². The average Bonchev–Trinajstić information content (AvgIpc) is 1.40. The fourth-order valence-corrected chi connectivity index (χ4v) is 18.1. The number of carbonyl (C=O) groups is 5. The molecule has 115 heavy (non-hydrogen) atoms. The Hall–Kier alpha value is -10.6. The number of methoxy groups -OCH3 is 2. The van der Waals surface area contributed by atoms with Crippen LogP contribution in [0.1, 0.15) is 158 Å². The molecule has 2 aliphatic rings. The summed E-state index contributed by atoms with van der Waals surface area (Å²) in [6, 6.07) is 92.1. The minimum absolute atomic E-state index is 0. The van der Waals surface area contributed by atoms with Crippen molar-refractivity contribution in [3.05, 3.63) is 323 Å². The minimum atomic E-state index is -0.566. The number of amides is 5. The van der Waals surface area contributed by atoms with E-state index in [0.717, 1.165) is 77.2 Å². The molecule has 0 radical (unpaired) electrons. The number of alkyl carbamates (subject to hydrolysis) is 2. The molecule has 10 aromatic carbocycles. The smallest absolute Gasteiger partial charge is 0.407 e. The van der Waals surface area contributed by atoms with E-state index in [9.17, 15) is 24.0 Å². The summed E-state index contributed by atoms with van der Waals surface area (Å²) < 4.78 is 32.1. The Morgan fingerprint density at radius 3 is 1.10 bits per heavy atom. The molecule has 0 bridgehead atoms. The maximum Gasteiger partial charge on any atom is 0.407 e. The second kappa shape index (κ2) is 46.7. The molecule has 5 N–H and O–H groups in total. The first-order valence-corrected chi connectivity index (χ1v) is 42.0. The van der Waals surface area contributed by atoms with E-state index in [1.807, 2.05) is 96.7 Å². The van der Waals surface area contributed by atoms with Crippen molar-refractivity contribution in [2.75, 3.05) is 91.7 Å². The lowest BCUT2D eigenvalue weighted by atomic mass is 9.84. The molecule has 0 atom stereocenters. The molecule has 0 heterocycles. The van der Waals surface area contributed by atoms with Gasteiger partial charge in [-0.2, -0.15) is 0 Å². The van der Waals surface area contributed by atoms with Crippen LogP contribution in [0.3, 0.4) is 0 Å². The lowest BCUT2D eigenvalue weighted by Crippen LogP contribution is -2.39. The van der Waals surface area contributed by atoms with Gasteiger partial charge in [-0.3, -0.25) is 14.4 Å². The topological polar surface area (TPSA) is 201 Å². The first-order chi connectivity index (χ1) is 56.1. The van der Waals surface area contributed by atoms with Gasteiger partial charge < -0.3 is 55.0 Å². The number of unbranched alkanes of at least 4 members (excludes halogenated alkanes) is 9. The van der Waals surface area contributed by atoms with E-state index in [1.165, 1.54) is 88.6 Å². The summed E-state index contributed by atoms with van der Waals surface area (Å²) in [5, 5.41) is 14.1. The summed E-state index contributed by atoms with van der Waals surface area (Å²) in [4.78, 5) is 62.3. The van der Waals surface area contributed by atoms with Gasteiger partial charge in [0.1, 0.15) is 31.3 Å². The first-order valence-electron chi connectivity index (χ1n) is 40.0. The number of benzene rings is 10. The van der Waals surface area contributed by atoms with Gasteiger partial charge in [0.2, 0.25) is 17.7 Å². The molecule has 18 heteroatoms. The Labute approximate surface area is 688 Å². The van der Waals surface area contributed by atoms with Crippen LogP contribution in [0.2, 0.25) is 0 Å². The third-order valence-electron chi connectivity index (χ3n) is 20.8.